The van der Waals surface area contributed by atoms with Crippen LogP contribution in [0.1, 0.15) is 11.1 Å². The lowest BCUT2D eigenvalue weighted by molar-refractivity contribution is 0.215. The summed E-state index contributed by atoms with van der Waals surface area (Å²) in [6, 6.07) is 18.9. The van der Waals surface area contributed by atoms with Gasteiger partial charge in [-0.1, -0.05) is 36.4 Å². The lowest BCUT2D eigenvalue weighted by atomic mass is 10.0. The molecule has 1 heterocycles. The number of ether oxygens (including phenoxy) is 3. The van der Waals surface area contributed by atoms with Crippen molar-refractivity contribution < 1.29 is 18.6 Å². The predicted molar refractivity (Wildman–Crippen MR) is 111 cm³/mol. The second-order valence-electron chi connectivity index (χ2n) is 7.02. The summed E-state index contributed by atoms with van der Waals surface area (Å²) >= 11 is 0. The van der Waals surface area contributed by atoms with Crippen molar-refractivity contribution in [2.75, 3.05) is 27.4 Å². The number of para-hydroxylation sites is 1. The Kier molecular flexibility index (Phi) is 5.67. The van der Waals surface area contributed by atoms with Gasteiger partial charge in [0.05, 0.1) is 14.2 Å². The van der Waals surface area contributed by atoms with Crippen LogP contribution in [0.4, 0.5) is 4.39 Å². The summed E-state index contributed by atoms with van der Waals surface area (Å²) in [5.74, 6) is 2.06. The second kappa shape index (κ2) is 8.53. The molecule has 0 unspecified atom stereocenters. The minimum atomic E-state index is -0.182. The first-order chi connectivity index (χ1) is 14.2. The molecule has 3 aromatic rings. The van der Waals surface area contributed by atoms with E-state index in [1.807, 2.05) is 42.5 Å². The Morgan fingerprint density at radius 2 is 1.72 bits per heavy atom. The number of halogens is 1. The molecule has 4 nitrogen and oxygen atoms in total. The van der Waals surface area contributed by atoms with E-state index in [2.05, 4.69) is 11.0 Å². The van der Waals surface area contributed by atoms with E-state index in [-0.39, 0.29) is 5.82 Å². The zero-order valence-corrected chi connectivity index (χ0v) is 16.7. The molecular formula is C24H24FNO3. The molecule has 0 fully saturated rings. The highest BCUT2D eigenvalue weighted by atomic mass is 19.1. The Morgan fingerprint density at radius 1 is 0.966 bits per heavy atom. The maximum Gasteiger partial charge on any atom is 0.165 e. The minimum Gasteiger partial charge on any atom is -0.496 e. The molecule has 0 bridgehead atoms. The zero-order valence-electron chi connectivity index (χ0n) is 16.7. The summed E-state index contributed by atoms with van der Waals surface area (Å²) in [6.45, 7) is 2.39. The molecule has 0 amide bonds. The largest absolute Gasteiger partial charge is 0.496 e. The lowest BCUT2D eigenvalue weighted by Gasteiger charge is -2.20. The van der Waals surface area contributed by atoms with E-state index < -0.39 is 0 Å². The van der Waals surface area contributed by atoms with Crippen LogP contribution in [-0.2, 0) is 13.1 Å². The molecule has 1 aliphatic rings. The average Bonchev–Trinajstić information content (AvgIpc) is 2.96. The van der Waals surface area contributed by atoms with E-state index in [9.17, 15) is 4.39 Å². The molecule has 3 aromatic carbocycles. The van der Waals surface area contributed by atoms with Crippen molar-refractivity contribution in [1.29, 1.82) is 0 Å². The van der Waals surface area contributed by atoms with Crippen LogP contribution in [0.5, 0.6) is 17.2 Å². The van der Waals surface area contributed by atoms with Crippen LogP contribution in [0.15, 0.2) is 60.7 Å². The maximum absolute atomic E-state index is 14.1. The summed E-state index contributed by atoms with van der Waals surface area (Å²) in [7, 11) is 3.31. The molecule has 4 rings (SSSR count). The molecule has 29 heavy (non-hydrogen) atoms. The predicted octanol–water partition coefficient (Wildman–Crippen LogP) is 4.90. The number of rotatable bonds is 5. The fraction of sp³-hybridized carbons (Fsp3) is 0.250. The van der Waals surface area contributed by atoms with Gasteiger partial charge >= 0.3 is 0 Å². The monoisotopic (exact) mass is 393 g/mol. The fourth-order valence-electron chi connectivity index (χ4n) is 3.73. The van der Waals surface area contributed by atoms with Gasteiger partial charge in [-0.25, -0.2) is 4.39 Å². The molecule has 0 saturated carbocycles. The molecule has 0 saturated heterocycles. The van der Waals surface area contributed by atoms with Gasteiger partial charge < -0.3 is 14.2 Å². The van der Waals surface area contributed by atoms with Crippen LogP contribution in [0.25, 0.3) is 11.1 Å². The molecular weight excluding hydrogens is 369 g/mol. The van der Waals surface area contributed by atoms with E-state index in [1.54, 1.807) is 20.3 Å². The number of nitrogens with zero attached hydrogens (tertiary/aromatic N) is 1. The number of methoxy groups -OCH3 is 2. The molecule has 0 spiro atoms. The average molecular weight is 393 g/mol. The molecule has 0 aliphatic carbocycles. The minimum absolute atomic E-state index is 0.182. The summed E-state index contributed by atoms with van der Waals surface area (Å²) < 4.78 is 31.3. The van der Waals surface area contributed by atoms with Gasteiger partial charge in [-0.3, -0.25) is 4.90 Å². The molecule has 0 atom stereocenters. The fourth-order valence-corrected chi connectivity index (χ4v) is 3.73. The summed E-state index contributed by atoms with van der Waals surface area (Å²) in [4.78, 5) is 2.19. The number of hydrogen-bond acceptors (Lipinski definition) is 4. The third-order valence-corrected chi connectivity index (χ3v) is 5.17. The van der Waals surface area contributed by atoms with Crippen LogP contribution < -0.4 is 14.2 Å². The van der Waals surface area contributed by atoms with E-state index in [0.717, 1.165) is 28.2 Å². The van der Waals surface area contributed by atoms with Gasteiger partial charge in [-0.2, -0.15) is 0 Å². The summed E-state index contributed by atoms with van der Waals surface area (Å²) in [5.41, 5.74) is 3.68. The van der Waals surface area contributed by atoms with Gasteiger partial charge in [-0.15, -0.1) is 0 Å². The smallest absolute Gasteiger partial charge is 0.165 e. The summed E-state index contributed by atoms with van der Waals surface area (Å²) in [5, 5.41) is 0. The Hall–Kier alpha value is -3.05. The van der Waals surface area contributed by atoms with Gasteiger partial charge in [0, 0.05) is 36.3 Å². The Balaban J connectivity index is 1.71. The quantitative estimate of drug-likeness (QED) is 0.617. The highest BCUT2D eigenvalue weighted by Gasteiger charge is 2.22. The molecule has 150 valence electrons. The van der Waals surface area contributed by atoms with Crippen LogP contribution in [0, 0.1) is 5.82 Å². The van der Waals surface area contributed by atoms with Gasteiger partial charge in [0.2, 0.25) is 0 Å². The Morgan fingerprint density at radius 3 is 2.52 bits per heavy atom. The van der Waals surface area contributed by atoms with Crippen molar-refractivity contribution >= 4 is 0 Å². The van der Waals surface area contributed by atoms with E-state index >= 15 is 0 Å². The van der Waals surface area contributed by atoms with Crippen molar-refractivity contribution in [3.05, 3.63) is 77.6 Å². The van der Waals surface area contributed by atoms with Crippen LogP contribution >= 0.6 is 0 Å². The Labute approximate surface area is 170 Å². The standard InChI is InChI=1S/C24H24FNO3/c1-27-22-10-6-4-8-20(22)18-13-19-16-26(15-17-7-3-5-9-21(17)25)11-12-29-24(19)23(14-18)28-2/h3-10,13-14H,11-12,15-16H2,1-2H3. The summed E-state index contributed by atoms with van der Waals surface area (Å²) in [6.07, 6.45) is 0. The van der Waals surface area contributed by atoms with Crippen molar-refractivity contribution in [3.63, 3.8) is 0 Å². The third kappa shape index (κ3) is 4.05. The maximum atomic E-state index is 14.1. The lowest BCUT2D eigenvalue weighted by Crippen LogP contribution is -2.25. The SMILES string of the molecule is COc1ccccc1-c1cc2c(c(OC)c1)OCCN(Cc1ccccc1F)C2. The first-order valence-electron chi connectivity index (χ1n) is 9.62. The molecule has 0 N–H and O–H groups in total. The molecule has 5 heteroatoms. The van der Waals surface area contributed by atoms with Crippen LogP contribution in [-0.4, -0.2) is 32.3 Å². The highest BCUT2D eigenvalue weighted by Crippen LogP contribution is 2.40. The van der Waals surface area contributed by atoms with Gasteiger partial charge in [0.15, 0.2) is 11.5 Å². The van der Waals surface area contributed by atoms with Gasteiger partial charge in [0.1, 0.15) is 18.2 Å². The van der Waals surface area contributed by atoms with E-state index in [0.29, 0.717) is 37.6 Å². The molecule has 0 radical (unpaired) electrons. The second-order valence-corrected chi connectivity index (χ2v) is 7.02. The highest BCUT2D eigenvalue weighted by molar-refractivity contribution is 5.74. The van der Waals surface area contributed by atoms with E-state index in [4.69, 9.17) is 14.2 Å². The first-order valence-corrected chi connectivity index (χ1v) is 9.62. The van der Waals surface area contributed by atoms with Crippen molar-refractivity contribution in [3.8, 4) is 28.4 Å². The van der Waals surface area contributed by atoms with E-state index in [1.165, 1.54) is 6.07 Å². The topological polar surface area (TPSA) is 30.9 Å². The molecule has 0 aromatic heterocycles. The van der Waals surface area contributed by atoms with Crippen molar-refractivity contribution in [2.45, 2.75) is 13.1 Å². The zero-order chi connectivity index (χ0) is 20.2. The third-order valence-electron chi connectivity index (χ3n) is 5.17. The normalized spacial score (nSPS) is 13.9. The number of hydrogen-bond donors (Lipinski definition) is 0. The van der Waals surface area contributed by atoms with Crippen molar-refractivity contribution in [1.82, 2.24) is 4.90 Å². The number of fused-ring (bicyclic) bond motifs is 1. The van der Waals surface area contributed by atoms with Crippen LogP contribution in [0.3, 0.4) is 0 Å². The molecule has 1 aliphatic heterocycles. The number of benzene rings is 3. The Bertz CT molecular complexity index is 1010. The van der Waals surface area contributed by atoms with Crippen LogP contribution in [0.2, 0.25) is 0 Å². The van der Waals surface area contributed by atoms with Crippen molar-refractivity contribution in [2.24, 2.45) is 0 Å². The first kappa shape index (κ1) is 19.3. The van der Waals surface area contributed by atoms with Gasteiger partial charge in [0.25, 0.3) is 0 Å². The van der Waals surface area contributed by atoms with Gasteiger partial charge in [-0.05, 0) is 29.8 Å².